The summed E-state index contributed by atoms with van der Waals surface area (Å²) in [6.07, 6.45) is 9.14. The predicted octanol–water partition coefficient (Wildman–Crippen LogP) is 2.51. The molecule has 1 N–H and O–H groups in total. The van der Waals surface area contributed by atoms with E-state index in [4.69, 9.17) is 0 Å². The van der Waals surface area contributed by atoms with Crippen LogP contribution in [0.3, 0.4) is 0 Å². The highest BCUT2D eigenvalue weighted by Gasteiger charge is 2.36. The van der Waals surface area contributed by atoms with E-state index in [1.165, 1.54) is 32.1 Å². The Kier molecular flexibility index (Phi) is 4.08. The molecule has 0 bridgehead atoms. The second-order valence-corrected chi connectivity index (χ2v) is 6.08. The third-order valence-electron chi connectivity index (χ3n) is 4.36. The van der Waals surface area contributed by atoms with Crippen LogP contribution in [0.15, 0.2) is 0 Å². The largest absolute Gasteiger partial charge is 0.326 e. The fourth-order valence-electron chi connectivity index (χ4n) is 3.30. The second kappa shape index (κ2) is 5.38. The monoisotopic (exact) mass is 238 g/mol. The maximum Gasteiger partial charge on any atom is 0.237 e. The summed E-state index contributed by atoms with van der Waals surface area (Å²) in [5.41, 5.74) is 0.367. The van der Waals surface area contributed by atoms with E-state index in [-0.39, 0.29) is 0 Å². The first-order valence-corrected chi connectivity index (χ1v) is 7.17. The van der Waals surface area contributed by atoms with Crippen LogP contribution < -0.4 is 5.32 Å². The summed E-state index contributed by atoms with van der Waals surface area (Å²) in [5.74, 6) is 0.301. The molecule has 1 aliphatic carbocycles. The zero-order valence-corrected chi connectivity index (χ0v) is 11.3. The van der Waals surface area contributed by atoms with E-state index >= 15 is 0 Å². The Morgan fingerprint density at radius 1 is 1.35 bits per heavy atom. The van der Waals surface area contributed by atoms with Gasteiger partial charge in [0.1, 0.15) is 0 Å². The van der Waals surface area contributed by atoms with Gasteiger partial charge in [-0.2, -0.15) is 0 Å². The number of amides is 1. The van der Waals surface area contributed by atoms with Crippen LogP contribution in [0.2, 0.25) is 0 Å². The maximum atomic E-state index is 11.9. The van der Waals surface area contributed by atoms with Crippen LogP contribution in [0.5, 0.6) is 0 Å². The molecule has 0 radical (unpaired) electrons. The first-order valence-electron chi connectivity index (χ1n) is 7.17. The van der Waals surface area contributed by atoms with Gasteiger partial charge in [0.2, 0.25) is 5.91 Å². The maximum absolute atomic E-state index is 11.9. The zero-order chi connectivity index (χ0) is 12.3. The van der Waals surface area contributed by atoms with Crippen molar-refractivity contribution in [2.24, 2.45) is 5.41 Å². The van der Waals surface area contributed by atoms with Gasteiger partial charge >= 0.3 is 0 Å². The van der Waals surface area contributed by atoms with Gasteiger partial charge in [0.05, 0.1) is 12.7 Å². The average molecular weight is 238 g/mol. The lowest BCUT2D eigenvalue weighted by Gasteiger charge is -2.38. The van der Waals surface area contributed by atoms with Crippen molar-refractivity contribution in [2.45, 2.75) is 65.0 Å². The summed E-state index contributed by atoms with van der Waals surface area (Å²) in [7, 11) is 0. The zero-order valence-electron chi connectivity index (χ0n) is 11.3. The summed E-state index contributed by atoms with van der Waals surface area (Å²) >= 11 is 0. The SMILES string of the molecule is CCCC1NCC(=O)N1CC1(C)CCCCC1. The molecule has 2 fully saturated rings. The van der Waals surface area contributed by atoms with Crippen molar-refractivity contribution < 1.29 is 4.79 Å². The quantitative estimate of drug-likeness (QED) is 0.816. The molecule has 3 nitrogen and oxygen atoms in total. The van der Waals surface area contributed by atoms with E-state index in [0.717, 1.165) is 19.4 Å². The van der Waals surface area contributed by atoms with Crippen LogP contribution >= 0.6 is 0 Å². The molecule has 2 rings (SSSR count). The number of nitrogens with one attached hydrogen (secondary N) is 1. The van der Waals surface area contributed by atoms with Crippen molar-refractivity contribution in [2.75, 3.05) is 13.1 Å². The molecule has 17 heavy (non-hydrogen) atoms. The summed E-state index contributed by atoms with van der Waals surface area (Å²) in [6.45, 7) is 6.05. The average Bonchev–Trinajstić information content (AvgIpc) is 2.63. The summed E-state index contributed by atoms with van der Waals surface area (Å²) in [4.78, 5) is 14.0. The molecule has 1 unspecified atom stereocenters. The van der Waals surface area contributed by atoms with Gasteiger partial charge in [0, 0.05) is 6.54 Å². The summed E-state index contributed by atoms with van der Waals surface area (Å²) in [5, 5.41) is 3.34. The van der Waals surface area contributed by atoms with Gasteiger partial charge in [-0.25, -0.2) is 0 Å². The molecular formula is C14H26N2O. The van der Waals surface area contributed by atoms with Gasteiger partial charge in [0.25, 0.3) is 0 Å². The van der Waals surface area contributed by atoms with E-state index in [1.54, 1.807) is 0 Å². The standard InChI is InChI=1S/C14H26N2O/c1-3-7-12-15-10-13(17)16(12)11-14(2)8-5-4-6-9-14/h12,15H,3-11H2,1-2H3. The minimum Gasteiger partial charge on any atom is -0.326 e. The minimum atomic E-state index is 0.297. The Morgan fingerprint density at radius 2 is 2.06 bits per heavy atom. The smallest absolute Gasteiger partial charge is 0.237 e. The first kappa shape index (κ1) is 12.9. The van der Waals surface area contributed by atoms with Gasteiger partial charge in [0.15, 0.2) is 0 Å². The fourth-order valence-corrected chi connectivity index (χ4v) is 3.30. The van der Waals surface area contributed by atoms with Crippen LogP contribution in [0.1, 0.15) is 58.8 Å². The third-order valence-corrected chi connectivity index (χ3v) is 4.36. The molecule has 3 heteroatoms. The molecule has 0 aromatic heterocycles. The number of hydrogen-bond acceptors (Lipinski definition) is 2. The first-order chi connectivity index (χ1) is 8.14. The van der Waals surface area contributed by atoms with E-state index in [9.17, 15) is 4.79 Å². The van der Waals surface area contributed by atoms with Crippen LogP contribution in [0, 0.1) is 5.41 Å². The summed E-state index contributed by atoms with van der Waals surface area (Å²) in [6, 6.07) is 0. The van der Waals surface area contributed by atoms with Gasteiger partial charge in [-0.3, -0.25) is 10.1 Å². The van der Waals surface area contributed by atoms with Crippen molar-refractivity contribution >= 4 is 5.91 Å². The third kappa shape index (κ3) is 3.01. The molecule has 0 aromatic rings. The van der Waals surface area contributed by atoms with Gasteiger partial charge in [-0.05, 0) is 24.7 Å². The molecule has 2 aliphatic rings. The Balaban J connectivity index is 1.97. The van der Waals surface area contributed by atoms with Crippen LogP contribution in [-0.2, 0) is 4.79 Å². The number of carbonyl (C=O) groups is 1. The normalized spacial score (nSPS) is 28.7. The molecule has 98 valence electrons. The molecular weight excluding hydrogens is 212 g/mol. The Morgan fingerprint density at radius 3 is 2.71 bits per heavy atom. The minimum absolute atomic E-state index is 0.297. The Bertz CT molecular complexity index is 271. The van der Waals surface area contributed by atoms with Crippen molar-refractivity contribution in [1.82, 2.24) is 10.2 Å². The van der Waals surface area contributed by atoms with E-state index in [0.29, 0.717) is 24.0 Å². The Labute approximate surface area is 105 Å². The molecule has 0 spiro atoms. The lowest BCUT2D eigenvalue weighted by molar-refractivity contribution is -0.129. The van der Waals surface area contributed by atoms with E-state index < -0.39 is 0 Å². The predicted molar refractivity (Wildman–Crippen MR) is 69.6 cm³/mol. The molecule has 1 atom stereocenters. The molecule has 1 saturated heterocycles. The highest BCUT2D eigenvalue weighted by molar-refractivity contribution is 5.80. The highest BCUT2D eigenvalue weighted by atomic mass is 16.2. The number of nitrogens with zero attached hydrogens (tertiary/aromatic N) is 1. The van der Waals surface area contributed by atoms with Crippen LogP contribution in [0.4, 0.5) is 0 Å². The molecule has 1 heterocycles. The number of carbonyl (C=O) groups excluding carboxylic acids is 1. The van der Waals surface area contributed by atoms with Crippen molar-refractivity contribution in [3.8, 4) is 0 Å². The van der Waals surface area contributed by atoms with E-state index in [1.807, 2.05) is 0 Å². The summed E-state index contributed by atoms with van der Waals surface area (Å²) < 4.78 is 0. The fraction of sp³-hybridized carbons (Fsp3) is 0.929. The second-order valence-electron chi connectivity index (χ2n) is 6.08. The van der Waals surface area contributed by atoms with Gasteiger partial charge in [-0.1, -0.05) is 39.5 Å². The number of hydrogen-bond donors (Lipinski definition) is 1. The number of rotatable bonds is 4. The van der Waals surface area contributed by atoms with Gasteiger partial charge < -0.3 is 4.90 Å². The molecule has 1 amide bonds. The molecule has 1 saturated carbocycles. The topological polar surface area (TPSA) is 32.3 Å². The lowest BCUT2D eigenvalue weighted by Crippen LogP contribution is -2.44. The Hall–Kier alpha value is -0.570. The molecule has 1 aliphatic heterocycles. The van der Waals surface area contributed by atoms with Crippen LogP contribution in [-0.4, -0.2) is 30.1 Å². The lowest BCUT2D eigenvalue weighted by atomic mass is 9.75. The van der Waals surface area contributed by atoms with Crippen molar-refractivity contribution in [3.05, 3.63) is 0 Å². The van der Waals surface area contributed by atoms with Crippen molar-refractivity contribution in [3.63, 3.8) is 0 Å². The molecule has 0 aromatic carbocycles. The highest BCUT2D eigenvalue weighted by Crippen LogP contribution is 2.37. The van der Waals surface area contributed by atoms with Crippen LogP contribution in [0.25, 0.3) is 0 Å². The van der Waals surface area contributed by atoms with Gasteiger partial charge in [-0.15, -0.1) is 0 Å². The van der Waals surface area contributed by atoms with E-state index in [2.05, 4.69) is 24.1 Å². The van der Waals surface area contributed by atoms with Crippen molar-refractivity contribution in [1.29, 1.82) is 0 Å².